The second-order valence-electron chi connectivity index (χ2n) is 4.23. The van der Waals surface area contributed by atoms with Gasteiger partial charge < -0.3 is 5.73 Å². The molecule has 0 atom stereocenters. The van der Waals surface area contributed by atoms with Crippen LogP contribution in [0.2, 0.25) is 0 Å². The molecule has 0 aliphatic heterocycles. The molecule has 2 heterocycles. The SMILES string of the molecule is CCN(Cc1nc(C)cc(N)n1)Cc1cccs1. The Morgan fingerprint density at radius 2 is 2.17 bits per heavy atom. The lowest BCUT2D eigenvalue weighted by Gasteiger charge is -2.18. The molecule has 0 aromatic carbocycles. The molecule has 0 aliphatic rings. The first-order chi connectivity index (χ1) is 8.67. The summed E-state index contributed by atoms with van der Waals surface area (Å²) in [5.74, 6) is 1.34. The van der Waals surface area contributed by atoms with Crippen LogP contribution in [0.15, 0.2) is 23.6 Å². The summed E-state index contributed by atoms with van der Waals surface area (Å²) in [5.41, 5.74) is 6.67. The molecule has 0 saturated heterocycles. The molecule has 4 nitrogen and oxygen atoms in total. The van der Waals surface area contributed by atoms with E-state index >= 15 is 0 Å². The second-order valence-corrected chi connectivity index (χ2v) is 5.27. The molecule has 96 valence electrons. The van der Waals surface area contributed by atoms with Crippen LogP contribution in [0.3, 0.4) is 0 Å². The van der Waals surface area contributed by atoms with Crippen molar-refractivity contribution in [2.75, 3.05) is 12.3 Å². The Bertz CT molecular complexity index is 475. The van der Waals surface area contributed by atoms with E-state index < -0.39 is 0 Å². The van der Waals surface area contributed by atoms with Gasteiger partial charge in [-0.1, -0.05) is 13.0 Å². The average Bonchev–Trinajstić information content (AvgIpc) is 2.79. The average molecular weight is 262 g/mol. The van der Waals surface area contributed by atoms with Gasteiger partial charge in [-0.05, 0) is 24.9 Å². The fourth-order valence-electron chi connectivity index (χ4n) is 1.83. The van der Waals surface area contributed by atoms with Crippen molar-refractivity contribution >= 4 is 17.2 Å². The molecule has 0 amide bonds. The Balaban J connectivity index is 2.05. The van der Waals surface area contributed by atoms with Gasteiger partial charge in [0, 0.05) is 23.2 Å². The van der Waals surface area contributed by atoms with E-state index in [0.29, 0.717) is 5.82 Å². The van der Waals surface area contributed by atoms with Crippen molar-refractivity contribution in [1.82, 2.24) is 14.9 Å². The van der Waals surface area contributed by atoms with Crippen molar-refractivity contribution in [2.45, 2.75) is 26.9 Å². The van der Waals surface area contributed by atoms with E-state index in [0.717, 1.165) is 31.2 Å². The van der Waals surface area contributed by atoms with E-state index in [4.69, 9.17) is 5.73 Å². The van der Waals surface area contributed by atoms with Crippen molar-refractivity contribution in [3.63, 3.8) is 0 Å². The number of thiophene rings is 1. The molecule has 0 bridgehead atoms. The lowest BCUT2D eigenvalue weighted by Crippen LogP contribution is -2.23. The molecule has 0 fully saturated rings. The molecule has 2 rings (SSSR count). The minimum absolute atomic E-state index is 0.546. The van der Waals surface area contributed by atoms with Crippen molar-refractivity contribution in [1.29, 1.82) is 0 Å². The number of anilines is 1. The van der Waals surface area contributed by atoms with Crippen LogP contribution in [0.1, 0.15) is 23.3 Å². The minimum Gasteiger partial charge on any atom is -0.384 e. The number of nitrogens with two attached hydrogens (primary N) is 1. The van der Waals surface area contributed by atoms with Gasteiger partial charge in [-0.15, -0.1) is 11.3 Å². The third-order valence-corrected chi connectivity index (χ3v) is 3.55. The molecular formula is C13H18N4S. The molecule has 0 spiro atoms. The minimum atomic E-state index is 0.546. The van der Waals surface area contributed by atoms with Crippen LogP contribution >= 0.6 is 11.3 Å². The molecule has 2 aromatic rings. The first-order valence-electron chi connectivity index (χ1n) is 6.02. The normalized spacial score (nSPS) is 11.1. The Hall–Kier alpha value is -1.46. The van der Waals surface area contributed by atoms with Crippen molar-refractivity contribution in [3.05, 3.63) is 40.0 Å². The zero-order valence-corrected chi connectivity index (χ0v) is 11.6. The maximum atomic E-state index is 5.75. The van der Waals surface area contributed by atoms with E-state index in [1.54, 1.807) is 17.4 Å². The first kappa shape index (κ1) is 13.0. The van der Waals surface area contributed by atoms with Gasteiger partial charge in [0.15, 0.2) is 0 Å². The van der Waals surface area contributed by atoms with Crippen LogP contribution < -0.4 is 5.73 Å². The fraction of sp³-hybridized carbons (Fsp3) is 0.385. The molecule has 18 heavy (non-hydrogen) atoms. The van der Waals surface area contributed by atoms with Crippen LogP contribution in [0.4, 0.5) is 5.82 Å². The maximum absolute atomic E-state index is 5.75. The number of aromatic nitrogens is 2. The van der Waals surface area contributed by atoms with Crippen LogP contribution in [0.25, 0.3) is 0 Å². The van der Waals surface area contributed by atoms with Gasteiger partial charge in [0.2, 0.25) is 0 Å². The highest BCUT2D eigenvalue weighted by Gasteiger charge is 2.08. The van der Waals surface area contributed by atoms with E-state index in [1.807, 2.05) is 6.92 Å². The zero-order valence-electron chi connectivity index (χ0n) is 10.8. The number of hydrogen-bond donors (Lipinski definition) is 1. The van der Waals surface area contributed by atoms with Crippen LogP contribution in [0.5, 0.6) is 0 Å². The van der Waals surface area contributed by atoms with Gasteiger partial charge in [-0.25, -0.2) is 9.97 Å². The molecule has 5 heteroatoms. The van der Waals surface area contributed by atoms with Crippen molar-refractivity contribution < 1.29 is 0 Å². The number of rotatable bonds is 5. The lowest BCUT2D eigenvalue weighted by atomic mass is 10.3. The van der Waals surface area contributed by atoms with Gasteiger partial charge in [0.25, 0.3) is 0 Å². The number of nitrogen functional groups attached to an aromatic ring is 1. The Kier molecular flexibility index (Phi) is 4.28. The summed E-state index contributed by atoms with van der Waals surface area (Å²) < 4.78 is 0. The van der Waals surface area contributed by atoms with Crippen LogP contribution in [0, 0.1) is 6.92 Å². The number of hydrogen-bond acceptors (Lipinski definition) is 5. The van der Waals surface area contributed by atoms with E-state index in [1.165, 1.54) is 4.88 Å². The summed E-state index contributed by atoms with van der Waals surface area (Å²) in [7, 11) is 0. The molecule has 0 saturated carbocycles. The van der Waals surface area contributed by atoms with Gasteiger partial charge in [-0.2, -0.15) is 0 Å². The molecule has 2 aromatic heterocycles. The highest BCUT2D eigenvalue weighted by Crippen LogP contribution is 2.13. The summed E-state index contributed by atoms with van der Waals surface area (Å²) in [6.07, 6.45) is 0. The maximum Gasteiger partial charge on any atom is 0.144 e. The van der Waals surface area contributed by atoms with Crippen LogP contribution in [-0.4, -0.2) is 21.4 Å². The molecule has 0 radical (unpaired) electrons. The second kappa shape index (κ2) is 5.93. The zero-order chi connectivity index (χ0) is 13.0. The predicted octanol–water partition coefficient (Wildman–Crippen LogP) is 2.45. The Labute approximate surface area is 111 Å². The first-order valence-corrected chi connectivity index (χ1v) is 6.90. The largest absolute Gasteiger partial charge is 0.384 e. The lowest BCUT2D eigenvalue weighted by molar-refractivity contribution is 0.267. The Morgan fingerprint density at radius 3 is 2.78 bits per heavy atom. The quantitative estimate of drug-likeness (QED) is 0.899. The van der Waals surface area contributed by atoms with Gasteiger partial charge in [0.1, 0.15) is 11.6 Å². The summed E-state index contributed by atoms with van der Waals surface area (Å²) in [6, 6.07) is 6.02. The Morgan fingerprint density at radius 1 is 1.33 bits per heavy atom. The highest BCUT2D eigenvalue weighted by molar-refractivity contribution is 7.09. The molecular weight excluding hydrogens is 244 g/mol. The standard InChI is InChI=1S/C13H18N4S/c1-3-17(8-11-5-4-6-18-11)9-13-15-10(2)7-12(14)16-13/h4-7H,3,8-9H2,1-2H3,(H2,14,15,16). The summed E-state index contributed by atoms with van der Waals surface area (Å²) >= 11 is 1.78. The van der Waals surface area contributed by atoms with E-state index in [9.17, 15) is 0 Å². The van der Waals surface area contributed by atoms with Crippen molar-refractivity contribution in [2.24, 2.45) is 0 Å². The smallest absolute Gasteiger partial charge is 0.144 e. The highest BCUT2D eigenvalue weighted by atomic mass is 32.1. The van der Waals surface area contributed by atoms with Crippen LogP contribution in [-0.2, 0) is 13.1 Å². The molecule has 2 N–H and O–H groups in total. The molecule has 0 unspecified atom stereocenters. The summed E-state index contributed by atoms with van der Waals surface area (Å²) in [6.45, 7) is 6.73. The summed E-state index contributed by atoms with van der Waals surface area (Å²) in [5, 5.41) is 2.10. The van der Waals surface area contributed by atoms with E-state index in [2.05, 4.69) is 39.3 Å². The van der Waals surface area contributed by atoms with E-state index in [-0.39, 0.29) is 0 Å². The monoisotopic (exact) mass is 262 g/mol. The topological polar surface area (TPSA) is 55.0 Å². The predicted molar refractivity (Wildman–Crippen MR) is 75.3 cm³/mol. The number of aryl methyl sites for hydroxylation is 1. The summed E-state index contributed by atoms with van der Waals surface area (Å²) in [4.78, 5) is 12.4. The van der Waals surface area contributed by atoms with Gasteiger partial charge in [0.05, 0.1) is 6.54 Å². The van der Waals surface area contributed by atoms with Gasteiger partial charge in [-0.3, -0.25) is 4.90 Å². The van der Waals surface area contributed by atoms with Gasteiger partial charge >= 0.3 is 0 Å². The molecule has 0 aliphatic carbocycles. The fourth-order valence-corrected chi connectivity index (χ4v) is 2.58. The third-order valence-electron chi connectivity index (χ3n) is 2.69. The number of nitrogens with zero attached hydrogens (tertiary/aromatic N) is 3. The van der Waals surface area contributed by atoms with Crippen molar-refractivity contribution in [3.8, 4) is 0 Å². The third kappa shape index (κ3) is 3.51.